The van der Waals surface area contributed by atoms with Crippen molar-refractivity contribution in [1.29, 1.82) is 0 Å². The average molecular weight is 435 g/mol. The number of hydrogen-bond acceptors (Lipinski definition) is 5. The van der Waals surface area contributed by atoms with E-state index in [9.17, 15) is 13.2 Å². The molecule has 0 radical (unpaired) electrons. The van der Waals surface area contributed by atoms with Crippen LogP contribution in [0.25, 0.3) is 10.2 Å². The van der Waals surface area contributed by atoms with Gasteiger partial charge in [-0.3, -0.25) is 4.90 Å². The SMILES string of the molecule is CC1C=C(CN2CC3(CCN(c4ncnc5sc(CC(F)(F)F)cc45)C3)C2)C=CC1. The molecule has 5 rings (SSSR count). The average Bonchev–Trinajstić information content (AvgIpc) is 3.23. The molecule has 1 unspecified atom stereocenters. The number of fused-ring (bicyclic) bond motifs is 1. The lowest BCUT2D eigenvalue weighted by Crippen LogP contribution is -2.57. The molecule has 2 aromatic rings. The van der Waals surface area contributed by atoms with Gasteiger partial charge in [0.2, 0.25) is 0 Å². The smallest absolute Gasteiger partial charge is 0.355 e. The van der Waals surface area contributed by atoms with Crippen molar-refractivity contribution in [3.05, 3.63) is 41.1 Å². The Morgan fingerprint density at radius 1 is 1.23 bits per heavy atom. The van der Waals surface area contributed by atoms with Gasteiger partial charge in [0.25, 0.3) is 0 Å². The molecule has 1 aliphatic carbocycles. The van der Waals surface area contributed by atoms with Gasteiger partial charge in [0, 0.05) is 43.0 Å². The molecule has 8 heteroatoms. The van der Waals surface area contributed by atoms with E-state index < -0.39 is 12.6 Å². The molecule has 2 saturated heterocycles. The highest BCUT2D eigenvalue weighted by atomic mass is 32.1. The molecule has 4 heterocycles. The molecule has 0 saturated carbocycles. The van der Waals surface area contributed by atoms with Crippen LogP contribution in [0.5, 0.6) is 0 Å². The molecule has 160 valence electrons. The number of rotatable bonds is 4. The van der Waals surface area contributed by atoms with E-state index in [2.05, 4.69) is 44.9 Å². The van der Waals surface area contributed by atoms with Gasteiger partial charge in [0.1, 0.15) is 17.0 Å². The van der Waals surface area contributed by atoms with Gasteiger partial charge in [-0.25, -0.2) is 9.97 Å². The maximum Gasteiger partial charge on any atom is 0.393 e. The lowest BCUT2D eigenvalue weighted by molar-refractivity contribution is -0.126. The summed E-state index contributed by atoms with van der Waals surface area (Å²) in [6.07, 6.45) is 5.48. The first-order valence-electron chi connectivity index (χ1n) is 10.4. The van der Waals surface area contributed by atoms with Gasteiger partial charge < -0.3 is 4.90 Å². The van der Waals surface area contributed by atoms with Crippen LogP contribution >= 0.6 is 11.3 Å². The molecule has 0 amide bonds. The standard InChI is InChI=1S/C22H25F3N4S/c1-15-3-2-4-16(7-15)10-28-11-21(12-28)5-6-29(13-21)19-18-8-17(9-22(23,24)25)30-20(18)27-14-26-19/h2,4,7-8,14-15H,3,5-6,9-13H2,1H3. The zero-order chi connectivity index (χ0) is 20.9. The van der Waals surface area contributed by atoms with E-state index >= 15 is 0 Å². The predicted octanol–water partition coefficient (Wildman–Crippen LogP) is 4.83. The van der Waals surface area contributed by atoms with E-state index in [0.29, 0.717) is 15.6 Å². The second kappa shape index (κ2) is 7.34. The molecule has 1 spiro atoms. The monoisotopic (exact) mass is 434 g/mol. The normalized spacial score (nSPS) is 23.9. The minimum atomic E-state index is -4.21. The first kappa shape index (κ1) is 20.0. The Morgan fingerprint density at radius 2 is 2.07 bits per heavy atom. The highest BCUT2D eigenvalue weighted by Gasteiger charge is 2.48. The van der Waals surface area contributed by atoms with Gasteiger partial charge in [-0.15, -0.1) is 11.3 Å². The molecule has 30 heavy (non-hydrogen) atoms. The molecular formula is C22H25F3N4S. The Balaban J connectivity index is 1.26. The Bertz CT molecular complexity index is 1000. The number of allylic oxidation sites excluding steroid dienone is 2. The summed E-state index contributed by atoms with van der Waals surface area (Å²) in [4.78, 5) is 14.3. The van der Waals surface area contributed by atoms with E-state index in [1.54, 1.807) is 6.07 Å². The molecule has 0 bridgehead atoms. The maximum atomic E-state index is 12.8. The lowest BCUT2D eigenvalue weighted by atomic mass is 9.78. The van der Waals surface area contributed by atoms with Crippen molar-refractivity contribution in [2.24, 2.45) is 11.3 Å². The number of hydrogen-bond donors (Lipinski definition) is 0. The zero-order valence-electron chi connectivity index (χ0n) is 17.0. The highest BCUT2D eigenvalue weighted by Crippen LogP contribution is 2.43. The van der Waals surface area contributed by atoms with Crippen molar-refractivity contribution < 1.29 is 13.2 Å². The van der Waals surface area contributed by atoms with Crippen LogP contribution in [0.3, 0.4) is 0 Å². The first-order valence-corrected chi connectivity index (χ1v) is 11.3. The second-order valence-electron chi connectivity index (χ2n) is 9.09. The maximum absolute atomic E-state index is 12.8. The van der Waals surface area contributed by atoms with Crippen molar-refractivity contribution in [3.8, 4) is 0 Å². The van der Waals surface area contributed by atoms with Crippen LogP contribution < -0.4 is 4.90 Å². The van der Waals surface area contributed by atoms with E-state index in [-0.39, 0.29) is 5.41 Å². The van der Waals surface area contributed by atoms with Gasteiger partial charge >= 0.3 is 6.18 Å². The van der Waals surface area contributed by atoms with E-state index in [4.69, 9.17) is 0 Å². The summed E-state index contributed by atoms with van der Waals surface area (Å²) < 4.78 is 38.4. The summed E-state index contributed by atoms with van der Waals surface area (Å²) in [6, 6.07) is 1.63. The molecule has 0 aromatic carbocycles. The van der Waals surface area contributed by atoms with Crippen molar-refractivity contribution in [2.45, 2.75) is 32.4 Å². The Kier molecular flexibility index (Phi) is 4.89. The van der Waals surface area contributed by atoms with Crippen molar-refractivity contribution in [2.75, 3.05) is 37.6 Å². The number of anilines is 1. The van der Waals surface area contributed by atoms with Crippen molar-refractivity contribution >= 4 is 27.4 Å². The highest BCUT2D eigenvalue weighted by molar-refractivity contribution is 7.18. The first-order chi connectivity index (χ1) is 14.3. The van der Waals surface area contributed by atoms with Gasteiger partial charge in [0.15, 0.2) is 0 Å². The number of halogens is 3. The largest absolute Gasteiger partial charge is 0.393 e. The van der Waals surface area contributed by atoms with Crippen molar-refractivity contribution in [1.82, 2.24) is 14.9 Å². The number of aromatic nitrogens is 2. The van der Waals surface area contributed by atoms with Crippen LogP contribution in [0.1, 0.15) is 24.6 Å². The van der Waals surface area contributed by atoms with Gasteiger partial charge in [-0.05, 0) is 30.4 Å². The second-order valence-corrected chi connectivity index (χ2v) is 10.2. The van der Waals surface area contributed by atoms with Crippen LogP contribution in [0.15, 0.2) is 36.2 Å². The number of thiophene rings is 1. The fourth-order valence-corrected chi connectivity index (χ4v) is 6.13. The fraction of sp³-hybridized carbons (Fsp3) is 0.545. The van der Waals surface area contributed by atoms with E-state index in [1.807, 2.05) is 0 Å². The number of alkyl halides is 3. The summed E-state index contributed by atoms with van der Waals surface area (Å²) >= 11 is 1.12. The third-order valence-corrected chi connectivity index (χ3v) is 7.38. The lowest BCUT2D eigenvalue weighted by Gasteiger charge is -2.48. The molecule has 0 N–H and O–H groups in total. The molecule has 2 aliphatic heterocycles. The van der Waals surface area contributed by atoms with Crippen LogP contribution in [-0.2, 0) is 6.42 Å². The molecular weight excluding hydrogens is 409 g/mol. The Labute approximate surface area is 178 Å². The van der Waals surface area contributed by atoms with Crippen LogP contribution in [0.4, 0.5) is 19.0 Å². The van der Waals surface area contributed by atoms with E-state index in [1.165, 1.54) is 11.9 Å². The molecule has 4 nitrogen and oxygen atoms in total. The third-order valence-electron chi connectivity index (χ3n) is 6.33. The van der Waals surface area contributed by atoms with Crippen molar-refractivity contribution in [3.63, 3.8) is 0 Å². The number of nitrogens with zero attached hydrogens (tertiary/aromatic N) is 4. The Morgan fingerprint density at radius 3 is 2.83 bits per heavy atom. The van der Waals surface area contributed by atoms with Crippen LogP contribution in [-0.4, -0.2) is 53.8 Å². The molecule has 2 aromatic heterocycles. The minimum absolute atomic E-state index is 0.270. The summed E-state index contributed by atoms with van der Waals surface area (Å²) in [5.41, 5.74) is 1.68. The quantitative estimate of drug-likeness (QED) is 0.690. The predicted molar refractivity (Wildman–Crippen MR) is 114 cm³/mol. The fourth-order valence-electron chi connectivity index (χ4n) is 5.10. The summed E-state index contributed by atoms with van der Waals surface area (Å²) in [5.74, 6) is 1.40. The number of likely N-dealkylation sites (tertiary alicyclic amines) is 1. The molecule has 3 aliphatic rings. The van der Waals surface area contributed by atoms with Crippen LogP contribution in [0, 0.1) is 11.3 Å². The molecule has 1 atom stereocenters. The van der Waals surface area contributed by atoms with Crippen LogP contribution in [0.2, 0.25) is 0 Å². The summed E-state index contributed by atoms with van der Waals surface area (Å²) in [5, 5.41) is 0.751. The summed E-state index contributed by atoms with van der Waals surface area (Å²) in [7, 11) is 0. The van der Waals surface area contributed by atoms with Gasteiger partial charge in [-0.1, -0.05) is 25.2 Å². The van der Waals surface area contributed by atoms with E-state index in [0.717, 1.165) is 68.1 Å². The molecule has 2 fully saturated rings. The van der Waals surface area contributed by atoms with Gasteiger partial charge in [-0.2, -0.15) is 13.2 Å². The third kappa shape index (κ3) is 3.99. The summed E-state index contributed by atoms with van der Waals surface area (Å²) in [6.45, 7) is 7.20. The van der Waals surface area contributed by atoms with Gasteiger partial charge in [0.05, 0.1) is 11.8 Å². The zero-order valence-corrected chi connectivity index (χ0v) is 17.8. The Hall–Kier alpha value is -1.93. The minimum Gasteiger partial charge on any atom is -0.355 e. The topological polar surface area (TPSA) is 32.3 Å².